The second kappa shape index (κ2) is 4.10. The minimum atomic E-state index is -1.09. The van der Waals surface area contributed by atoms with Gasteiger partial charge in [0.25, 0.3) is 0 Å². The van der Waals surface area contributed by atoms with Crippen LogP contribution in [0.25, 0.3) is 22.7 Å². The van der Waals surface area contributed by atoms with Crippen molar-refractivity contribution in [1.29, 1.82) is 0 Å². The van der Waals surface area contributed by atoms with Crippen LogP contribution in [0.15, 0.2) is 36.1 Å². The molecule has 19 heavy (non-hydrogen) atoms. The van der Waals surface area contributed by atoms with E-state index in [9.17, 15) is 9.18 Å². The molecule has 0 spiro atoms. The minimum absolute atomic E-state index is 0.0349. The van der Waals surface area contributed by atoms with E-state index in [4.69, 9.17) is 5.11 Å². The maximum atomic E-state index is 13.2. The number of hydrogen-bond acceptors (Lipinski definition) is 2. The minimum Gasteiger partial charge on any atom is -0.478 e. The molecule has 2 N–H and O–H groups in total. The fraction of sp³-hybridized carbons (Fsp3) is 0. The van der Waals surface area contributed by atoms with Crippen LogP contribution in [0.2, 0.25) is 0 Å². The van der Waals surface area contributed by atoms with E-state index in [-0.39, 0.29) is 16.7 Å². The number of H-pyrrole nitrogens is 1. The Kier molecular flexibility index (Phi) is 2.43. The molecule has 1 aliphatic rings. The molecule has 0 amide bonds. The van der Waals surface area contributed by atoms with Crippen LogP contribution in [-0.2, 0) is 4.79 Å². The van der Waals surface area contributed by atoms with E-state index >= 15 is 0 Å². The monoisotopic (exact) mass is 254 g/mol. The molecule has 1 aromatic heterocycles. The number of benzene rings is 1. The molecule has 5 heteroatoms. The Balaban J connectivity index is 2.28. The number of carboxylic acid groups (broad SMARTS) is 1. The van der Waals surface area contributed by atoms with Gasteiger partial charge < -0.3 is 10.1 Å². The van der Waals surface area contributed by atoms with Crippen molar-refractivity contribution in [1.82, 2.24) is 9.97 Å². The highest BCUT2D eigenvalue weighted by molar-refractivity contribution is 6.12. The van der Waals surface area contributed by atoms with E-state index in [0.717, 1.165) is 0 Å². The topological polar surface area (TPSA) is 66.0 Å². The van der Waals surface area contributed by atoms with E-state index in [1.165, 1.54) is 18.2 Å². The van der Waals surface area contributed by atoms with Crippen molar-refractivity contribution in [2.24, 2.45) is 0 Å². The molecule has 0 saturated carbocycles. The second-order valence-electron chi connectivity index (χ2n) is 3.95. The third kappa shape index (κ3) is 1.89. The fourth-order valence-electron chi connectivity index (χ4n) is 1.84. The molecule has 0 saturated heterocycles. The molecule has 0 unspecified atom stereocenters. The van der Waals surface area contributed by atoms with Crippen LogP contribution in [0.1, 0.15) is 0 Å². The first-order chi connectivity index (χ1) is 9.15. The van der Waals surface area contributed by atoms with Crippen LogP contribution in [0, 0.1) is 5.82 Å². The number of aromatic nitrogens is 2. The Morgan fingerprint density at radius 2 is 2.26 bits per heavy atom. The van der Waals surface area contributed by atoms with Gasteiger partial charge in [-0.05, 0) is 17.9 Å². The van der Waals surface area contributed by atoms with E-state index in [0.29, 0.717) is 16.7 Å². The number of halogens is 1. The molecule has 0 fully saturated rings. The van der Waals surface area contributed by atoms with Gasteiger partial charge in [0.05, 0.1) is 5.57 Å². The van der Waals surface area contributed by atoms with Crippen molar-refractivity contribution in [3.05, 3.63) is 52.6 Å². The Morgan fingerprint density at radius 3 is 3.00 bits per heavy atom. The lowest BCUT2D eigenvalue weighted by atomic mass is 10.2. The molecule has 0 aliphatic heterocycles. The van der Waals surface area contributed by atoms with Crippen LogP contribution in [0.4, 0.5) is 4.39 Å². The van der Waals surface area contributed by atoms with Gasteiger partial charge in [-0.3, -0.25) is 0 Å². The normalized spacial score (nSPS) is 12.2. The average molecular weight is 254 g/mol. The predicted molar refractivity (Wildman–Crippen MR) is 65.8 cm³/mol. The first-order valence-electron chi connectivity index (χ1n) is 5.46. The van der Waals surface area contributed by atoms with Crippen molar-refractivity contribution in [3.63, 3.8) is 0 Å². The second-order valence-corrected chi connectivity index (χ2v) is 3.95. The number of nitrogens with one attached hydrogen (secondary N) is 1. The summed E-state index contributed by atoms with van der Waals surface area (Å²) in [6, 6.07) is 5.90. The van der Waals surface area contributed by atoms with Gasteiger partial charge >= 0.3 is 5.97 Å². The number of rotatable bonds is 2. The van der Waals surface area contributed by atoms with E-state index in [2.05, 4.69) is 21.4 Å². The number of imidazole rings is 1. The number of aromatic amines is 1. The number of carbonyl (C=O) groups is 1. The van der Waals surface area contributed by atoms with Crippen molar-refractivity contribution in [2.75, 3.05) is 0 Å². The van der Waals surface area contributed by atoms with Crippen molar-refractivity contribution < 1.29 is 14.3 Å². The average Bonchev–Trinajstić information content (AvgIpc) is 2.82. The third-order valence-electron chi connectivity index (χ3n) is 2.70. The predicted octanol–water partition coefficient (Wildman–Crippen LogP) is 0.555. The van der Waals surface area contributed by atoms with E-state index in [1.807, 2.05) is 0 Å². The molecule has 1 aliphatic carbocycles. The summed E-state index contributed by atoms with van der Waals surface area (Å²) in [5, 5.41) is 9.77. The van der Waals surface area contributed by atoms with Gasteiger partial charge in [-0.25, -0.2) is 14.2 Å². The van der Waals surface area contributed by atoms with Gasteiger partial charge in [-0.1, -0.05) is 17.9 Å². The molecule has 92 valence electrons. The highest BCUT2D eigenvalue weighted by Crippen LogP contribution is 2.13. The number of hydrogen-bond donors (Lipinski definition) is 2. The van der Waals surface area contributed by atoms with Crippen molar-refractivity contribution in [3.8, 4) is 11.4 Å². The summed E-state index contributed by atoms with van der Waals surface area (Å²) in [4.78, 5) is 18.2. The highest BCUT2D eigenvalue weighted by Gasteiger charge is 2.12. The van der Waals surface area contributed by atoms with Gasteiger partial charge in [-0.2, -0.15) is 0 Å². The largest absolute Gasteiger partial charge is 0.478 e. The molecule has 4 nitrogen and oxygen atoms in total. The Bertz CT molecular complexity index is 882. The fourth-order valence-corrected chi connectivity index (χ4v) is 1.84. The van der Waals surface area contributed by atoms with Crippen molar-refractivity contribution in [2.45, 2.75) is 0 Å². The summed E-state index contributed by atoms with van der Waals surface area (Å²) in [7, 11) is 0. The van der Waals surface area contributed by atoms with Crippen LogP contribution in [0.3, 0.4) is 0 Å². The molecule has 3 rings (SSSR count). The van der Waals surface area contributed by atoms with Crippen LogP contribution in [0.5, 0.6) is 0 Å². The maximum absolute atomic E-state index is 13.2. The Labute approximate surface area is 106 Å². The summed E-state index contributed by atoms with van der Waals surface area (Å²) < 4.78 is 13.2. The zero-order valence-corrected chi connectivity index (χ0v) is 9.57. The molecule has 0 radical (unpaired) electrons. The molecular formula is C14H7FN2O2. The number of carboxylic acids is 1. The summed E-state index contributed by atoms with van der Waals surface area (Å²) >= 11 is 0. The van der Waals surface area contributed by atoms with Crippen LogP contribution in [-0.4, -0.2) is 21.0 Å². The lowest BCUT2D eigenvalue weighted by Crippen LogP contribution is -2.29. The smallest absolute Gasteiger partial charge is 0.338 e. The quantitative estimate of drug-likeness (QED) is 0.769. The summed E-state index contributed by atoms with van der Waals surface area (Å²) in [6.07, 6.45) is 1.31. The molecule has 0 atom stereocenters. The Hall–Kier alpha value is -2.87. The van der Waals surface area contributed by atoms with Gasteiger partial charge in [-0.15, -0.1) is 0 Å². The molecule has 0 bridgehead atoms. The van der Waals surface area contributed by atoms with Crippen molar-refractivity contribution >= 4 is 17.3 Å². The molecule has 1 aromatic carbocycles. The summed E-state index contributed by atoms with van der Waals surface area (Å²) in [6.45, 7) is 0. The first kappa shape index (κ1) is 11.2. The third-order valence-corrected chi connectivity index (χ3v) is 2.70. The van der Waals surface area contributed by atoms with E-state index < -0.39 is 5.97 Å². The summed E-state index contributed by atoms with van der Waals surface area (Å²) in [5.41, 5.74) is 5.94. The zero-order valence-electron chi connectivity index (χ0n) is 9.57. The van der Waals surface area contributed by atoms with Gasteiger partial charge in [0, 0.05) is 11.6 Å². The Morgan fingerprint density at radius 1 is 1.42 bits per heavy atom. The molecular weight excluding hydrogens is 247 g/mol. The summed E-state index contributed by atoms with van der Waals surface area (Å²) in [5.74, 6) is -1.08. The first-order valence-corrected chi connectivity index (χ1v) is 5.46. The number of nitrogens with zero attached hydrogens (tertiary/aromatic N) is 1. The zero-order chi connectivity index (χ0) is 13.4. The van der Waals surface area contributed by atoms with Crippen LogP contribution < -0.4 is 10.7 Å². The highest BCUT2D eigenvalue weighted by atomic mass is 19.1. The number of fused-ring (bicyclic) bond motifs is 1. The standard InChI is InChI=1S/C14H7FN2O2/c15-9-4-1-3-8(7-9)13-16-11-6-2-5-10(14(18)19)12(11)17-13/h1,3-5,7H,(H,16,17)(H,18,19). The lowest BCUT2D eigenvalue weighted by Gasteiger charge is -1.95. The van der Waals surface area contributed by atoms with Crippen LogP contribution >= 0.6 is 0 Å². The van der Waals surface area contributed by atoms with Gasteiger partial charge in [0.15, 0.2) is 0 Å². The lowest BCUT2D eigenvalue weighted by molar-refractivity contribution is -0.130. The number of aliphatic carboxylic acids is 1. The molecule has 1 heterocycles. The van der Waals surface area contributed by atoms with Gasteiger partial charge in [0.2, 0.25) is 0 Å². The SMILES string of the molecule is O=C(O)C1=c2nc(-c3cccc(F)c3)[nH]c2=C=C=C1. The van der Waals surface area contributed by atoms with E-state index in [1.54, 1.807) is 12.1 Å². The maximum Gasteiger partial charge on any atom is 0.338 e. The molecule has 2 aromatic rings. The van der Waals surface area contributed by atoms with Gasteiger partial charge in [0.1, 0.15) is 22.3 Å².